The monoisotopic (exact) mass is 438 g/mol. The average Bonchev–Trinajstić information content (AvgIpc) is 2.37. The lowest BCUT2D eigenvalue weighted by atomic mass is 11.0. The van der Waals surface area contributed by atoms with Gasteiger partial charge in [0.15, 0.2) is 0 Å². The maximum Gasteiger partial charge on any atom is 0.466 e. The van der Waals surface area contributed by atoms with Crippen LogP contribution in [-0.4, -0.2) is 56.7 Å². The van der Waals surface area contributed by atoms with Crippen LogP contribution in [0.25, 0.3) is 0 Å². The highest BCUT2D eigenvalue weighted by Gasteiger charge is 2.80. The van der Waals surface area contributed by atoms with Gasteiger partial charge in [0.25, 0.3) is 0 Å². The average molecular weight is 439 g/mol. The lowest BCUT2D eigenvalue weighted by Gasteiger charge is -2.22. The van der Waals surface area contributed by atoms with Gasteiger partial charge in [-0.3, -0.25) is 0 Å². The van der Waals surface area contributed by atoms with Crippen LogP contribution in [0.1, 0.15) is 27.7 Å². The molecular weight excluding hydrogens is 419 g/mol. The van der Waals surface area contributed by atoms with E-state index in [1.54, 1.807) is 0 Å². The Balaban J connectivity index is 0. The topological polar surface area (TPSA) is 137 Å². The molecular formula is C8H20ClO8PS4. The predicted octanol–water partition coefficient (Wildman–Crippen LogP) is -2.59. The zero-order chi connectivity index (χ0) is 17.3. The summed E-state index contributed by atoms with van der Waals surface area (Å²) >= 11 is 0. The van der Waals surface area contributed by atoms with Crippen LogP contribution in [0.5, 0.6) is 0 Å². The summed E-state index contributed by atoms with van der Waals surface area (Å²) in [6, 6.07) is 0. The molecule has 0 rings (SSSR count). The highest BCUT2D eigenvalue weighted by atomic mass is 35.5. The van der Waals surface area contributed by atoms with Gasteiger partial charge in [0, 0.05) is 0 Å². The fourth-order valence-electron chi connectivity index (χ4n) is 1.67. The van der Waals surface area contributed by atoms with Crippen molar-refractivity contribution in [3.05, 3.63) is 0 Å². The van der Waals surface area contributed by atoms with Gasteiger partial charge in [0.2, 0.25) is 0 Å². The van der Waals surface area contributed by atoms with Crippen molar-refractivity contribution in [2.24, 2.45) is 0 Å². The molecule has 0 amide bonds. The minimum atomic E-state index is -5.42. The highest BCUT2D eigenvalue weighted by Crippen LogP contribution is 2.79. The predicted molar refractivity (Wildman–Crippen MR) is 84.8 cm³/mol. The van der Waals surface area contributed by atoms with Crippen LogP contribution in [0.15, 0.2) is 0 Å². The molecule has 136 valence electrons. The summed E-state index contributed by atoms with van der Waals surface area (Å²) in [6.45, 7) is 4.13. The Labute approximate surface area is 138 Å². The summed E-state index contributed by atoms with van der Waals surface area (Å²) in [5, 5.41) is 0. The van der Waals surface area contributed by atoms with Gasteiger partial charge in [-0.1, -0.05) is 0 Å². The van der Waals surface area contributed by atoms with Crippen molar-refractivity contribution in [3.8, 4) is 0 Å². The molecule has 0 N–H and O–H groups in total. The first kappa shape index (κ1) is 24.8. The molecule has 0 saturated carbocycles. The molecule has 0 aromatic rings. The van der Waals surface area contributed by atoms with Crippen molar-refractivity contribution in [1.82, 2.24) is 0 Å². The first-order valence-electron chi connectivity index (χ1n) is 6.05. The second kappa shape index (κ2) is 7.60. The van der Waals surface area contributed by atoms with Crippen LogP contribution in [0.2, 0.25) is 0 Å². The third kappa shape index (κ3) is 3.32. The van der Waals surface area contributed by atoms with Crippen molar-refractivity contribution < 1.29 is 46.1 Å². The second-order valence-electron chi connectivity index (χ2n) is 3.93. The molecule has 0 bridgehead atoms. The van der Waals surface area contributed by atoms with E-state index in [0.29, 0.717) is 0 Å². The SMILES string of the molecule is CCS(=O)(=O)[P+](S(=O)(=O)CC)(S(=O)(=O)CC)S(=O)(=O)CC.[Cl-]. The molecule has 0 atom stereocenters. The van der Waals surface area contributed by atoms with E-state index >= 15 is 0 Å². The molecule has 0 fully saturated rings. The Bertz CT molecular complexity index is 653. The van der Waals surface area contributed by atoms with Crippen LogP contribution in [-0.2, 0) is 37.8 Å². The second-order valence-corrected chi connectivity index (χ2v) is 29.2. The Morgan fingerprint density at radius 3 is 0.727 bits per heavy atom. The highest BCUT2D eigenvalue weighted by molar-refractivity contribution is 9.31. The van der Waals surface area contributed by atoms with Crippen molar-refractivity contribution in [1.29, 1.82) is 0 Å². The van der Waals surface area contributed by atoms with Crippen LogP contribution in [0.3, 0.4) is 0 Å². The first-order chi connectivity index (χ1) is 9.24. The molecule has 0 spiro atoms. The molecule has 0 unspecified atom stereocenters. The largest absolute Gasteiger partial charge is 1.00 e. The fourth-order valence-corrected chi connectivity index (χ4v) is 45.1. The molecule has 14 heteroatoms. The Morgan fingerprint density at radius 2 is 0.636 bits per heavy atom. The van der Waals surface area contributed by atoms with E-state index in [9.17, 15) is 33.7 Å². The van der Waals surface area contributed by atoms with E-state index in [0.717, 1.165) is 27.7 Å². The number of hydrogen-bond donors (Lipinski definition) is 0. The van der Waals surface area contributed by atoms with Crippen LogP contribution in [0, 0.1) is 0 Å². The van der Waals surface area contributed by atoms with E-state index in [2.05, 4.69) is 0 Å². The fraction of sp³-hybridized carbons (Fsp3) is 1.00. The summed E-state index contributed by atoms with van der Waals surface area (Å²) in [6.07, 6.45) is 0. The maximum atomic E-state index is 12.4. The van der Waals surface area contributed by atoms with Crippen LogP contribution >= 0.6 is 4.07 Å². The van der Waals surface area contributed by atoms with Crippen LogP contribution in [0.4, 0.5) is 0 Å². The van der Waals surface area contributed by atoms with E-state index in [-0.39, 0.29) is 12.4 Å². The van der Waals surface area contributed by atoms with Gasteiger partial charge >= 0.3 is 41.9 Å². The quantitative estimate of drug-likeness (QED) is 0.376. The van der Waals surface area contributed by atoms with Gasteiger partial charge in [-0.2, -0.15) is 33.7 Å². The van der Waals surface area contributed by atoms with Gasteiger partial charge in [-0.15, -0.1) is 0 Å². The van der Waals surface area contributed by atoms with E-state index in [1.165, 1.54) is 0 Å². The Morgan fingerprint density at radius 1 is 0.500 bits per heavy atom. The molecule has 0 aromatic carbocycles. The van der Waals surface area contributed by atoms with Crippen molar-refractivity contribution in [2.75, 3.05) is 23.0 Å². The lowest BCUT2D eigenvalue weighted by molar-refractivity contribution is -0.0000136. The summed E-state index contributed by atoms with van der Waals surface area (Å²) in [4.78, 5) is 0. The molecule has 22 heavy (non-hydrogen) atoms. The molecule has 0 radical (unpaired) electrons. The summed E-state index contributed by atoms with van der Waals surface area (Å²) < 4.78 is 93.4. The third-order valence-corrected chi connectivity index (χ3v) is 44.3. The first-order valence-corrected chi connectivity index (χ1v) is 16.9. The zero-order valence-corrected chi connectivity index (χ0v) is 17.5. The molecule has 0 aliphatic rings. The van der Waals surface area contributed by atoms with Crippen molar-refractivity contribution in [3.63, 3.8) is 0 Å². The van der Waals surface area contributed by atoms with Gasteiger partial charge in [0.1, 0.15) is 0 Å². The Kier molecular flexibility index (Phi) is 8.56. The van der Waals surface area contributed by atoms with Gasteiger partial charge in [-0.25, -0.2) is 0 Å². The smallest absolute Gasteiger partial charge is 0.466 e. The minimum Gasteiger partial charge on any atom is -1.00 e. The standard InChI is InChI=1S/C8H20O8PS4.ClH/c1-5-18(9,10)17(19(11,12)6-2,20(13,14)7-3)21(15,16)8-4;/h5-8H2,1-4H3;1H/q+1;/p-1. The van der Waals surface area contributed by atoms with Crippen LogP contribution < -0.4 is 12.4 Å². The maximum absolute atomic E-state index is 12.4. The summed E-state index contributed by atoms with van der Waals surface area (Å²) in [5.41, 5.74) is 0. The molecule has 0 saturated heterocycles. The van der Waals surface area contributed by atoms with E-state index in [4.69, 9.17) is 0 Å². The van der Waals surface area contributed by atoms with Crippen molar-refractivity contribution >= 4 is 41.9 Å². The molecule has 0 aliphatic carbocycles. The summed E-state index contributed by atoms with van der Waals surface area (Å²) in [5.74, 6) is -3.51. The van der Waals surface area contributed by atoms with Gasteiger partial charge in [-0.05, 0) is 27.7 Å². The summed E-state index contributed by atoms with van der Waals surface area (Å²) in [7, 11) is -19.5. The molecule has 0 heterocycles. The number of hydrogen-bond acceptors (Lipinski definition) is 8. The van der Waals surface area contributed by atoms with Crippen molar-refractivity contribution in [2.45, 2.75) is 27.7 Å². The normalized spacial score (nSPS) is 14.4. The van der Waals surface area contributed by atoms with Gasteiger partial charge < -0.3 is 12.4 Å². The number of rotatable bonds is 8. The third-order valence-electron chi connectivity index (χ3n) is 2.82. The lowest BCUT2D eigenvalue weighted by Crippen LogP contribution is -3.00. The molecule has 8 nitrogen and oxygen atoms in total. The minimum absolute atomic E-state index is 0. The molecule has 0 aliphatic heterocycles. The molecule has 0 aromatic heterocycles. The Hall–Kier alpha value is 0.520. The zero-order valence-electron chi connectivity index (χ0n) is 12.6. The number of halogens is 1. The van der Waals surface area contributed by atoms with E-state index in [1.807, 2.05) is 0 Å². The van der Waals surface area contributed by atoms with E-state index < -0.39 is 64.9 Å². The van der Waals surface area contributed by atoms with Gasteiger partial charge in [0.05, 0.1) is 23.0 Å².